The van der Waals surface area contributed by atoms with E-state index in [4.69, 9.17) is 0 Å². The van der Waals surface area contributed by atoms with Crippen LogP contribution in [0.2, 0.25) is 0 Å². The molecule has 2 fully saturated rings. The van der Waals surface area contributed by atoms with Crippen LogP contribution in [-0.4, -0.2) is 26.2 Å². The van der Waals surface area contributed by atoms with E-state index in [0.29, 0.717) is 11.8 Å². The predicted octanol–water partition coefficient (Wildman–Crippen LogP) is -0.375. The molecule has 2 aliphatic rings. The number of hydrogen-bond donors (Lipinski definition) is 1. The summed E-state index contributed by atoms with van der Waals surface area (Å²) in [6.07, 6.45) is 0. The Balaban J connectivity index is 1.94. The number of esters is 1. The lowest BCUT2D eigenvalue weighted by molar-refractivity contribution is -0.143. The van der Waals surface area contributed by atoms with E-state index < -0.39 is 0 Å². The van der Waals surface area contributed by atoms with E-state index in [9.17, 15) is 4.79 Å². The zero-order valence-corrected chi connectivity index (χ0v) is 5.96. The molecular weight excluding hydrogens is 130 g/mol. The van der Waals surface area contributed by atoms with Gasteiger partial charge >= 0.3 is 5.97 Å². The van der Waals surface area contributed by atoms with Gasteiger partial charge in [-0.3, -0.25) is 4.79 Å². The van der Waals surface area contributed by atoms with Crippen LogP contribution in [0, 0.1) is 17.8 Å². The summed E-state index contributed by atoms with van der Waals surface area (Å²) in [5.41, 5.74) is 0. The van der Waals surface area contributed by atoms with Crippen molar-refractivity contribution < 1.29 is 9.53 Å². The highest BCUT2D eigenvalue weighted by Crippen LogP contribution is 2.49. The molecule has 0 bridgehead atoms. The van der Waals surface area contributed by atoms with Crippen molar-refractivity contribution >= 4 is 5.97 Å². The van der Waals surface area contributed by atoms with E-state index in [-0.39, 0.29) is 11.9 Å². The fourth-order valence-corrected chi connectivity index (χ4v) is 1.90. The molecule has 0 radical (unpaired) electrons. The summed E-state index contributed by atoms with van der Waals surface area (Å²) >= 11 is 0. The second kappa shape index (κ2) is 1.95. The molecule has 10 heavy (non-hydrogen) atoms. The first-order valence-corrected chi connectivity index (χ1v) is 3.63. The Kier molecular flexibility index (Phi) is 1.20. The minimum absolute atomic E-state index is 0.0171. The molecule has 1 aliphatic carbocycles. The number of methoxy groups -OCH3 is 1. The maximum atomic E-state index is 10.9. The standard InChI is InChI=1S/C7H11NO2/c1-10-7(9)6-4-2-8-3-5(4)6/h4-6,8H,2-3H2,1H3/t4-,5?,6?/m0/s1. The van der Waals surface area contributed by atoms with E-state index in [2.05, 4.69) is 10.1 Å². The molecule has 0 aromatic rings. The minimum atomic E-state index is -0.0171. The highest BCUT2D eigenvalue weighted by Gasteiger charge is 2.57. The maximum Gasteiger partial charge on any atom is 0.309 e. The second-order valence-electron chi connectivity index (χ2n) is 3.03. The number of hydrogen-bond acceptors (Lipinski definition) is 3. The number of carbonyl (C=O) groups excluding carboxylic acids is 1. The number of rotatable bonds is 1. The van der Waals surface area contributed by atoms with Gasteiger partial charge in [-0.25, -0.2) is 0 Å². The Bertz CT molecular complexity index is 159. The van der Waals surface area contributed by atoms with Crippen LogP contribution in [0.1, 0.15) is 0 Å². The number of ether oxygens (including phenoxy) is 1. The van der Waals surface area contributed by atoms with Gasteiger partial charge in [0.25, 0.3) is 0 Å². The van der Waals surface area contributed by atoms with Crippen LogP contribution in [0.3, 0.4) is 0 Å². The van der Waals surface area contributed by atoms with Crippen molar-refractivity contribution in [3.63, 3.8) is 0 Å². The molecule has 0 aromatic carbocycles. The van der Waals surface area contributed by atoms with Crippen LogP contribution in [0.15, 0.2) is 0 Å². The van der Waals surface area contributed by atoms with Crippen LogP contribution >= 0.6 is 0 Å². The Morgan fingerprint density at radius 2 is 2.10 bits per heavy atom. The zero-order valence-electron chi connectivity index (χ0n) is 5.96. The largest absolute Gasteiger partial charge is 0.469 e. The molecule has 1 N–H and O–H groups in total. The van der Waals surface area contributed by atoms with Gasteiger partial charge in [-0.05, 0) is 24.9 Å². The van der Waals surface area contributed by atoms with Crippen molar-refractivity contribution in [2.45, 2.75) is 0 Å². The van der Waals surface area contributed by atoms with Crippen LogP contribution in [0.5, 0.6) is 0 Å². The fraction of sp³-hybridized carbons (Fsp3) is 0.857. The lowest BCUT2D eigenvalue weighted by Crippen LogP contribution is -2.19. The van der Waals surface area contributed by atoms with E-state index >= 15 is 0 Å². The van der Waals surface area contributed by atoms with Crippen molar-refractivity contribution in [1.29, 1.82) is 0 Å². The maximum absolute atomic E-state index is 10.9. The molecule has 1 saturated heterocycles. The predicted molar refractivity (Wildman–Crippen MR) is 35.4 cm³/mol. The summed E-state index contributed by atoms with van der Waals surface area (Å²) in [4.78, 5) is 10.9. The van der Waals surface area contributed by atoms with Gasteiger partial charge in [0, 0.05) is 0 Å². The summed E-state index contributed by atoms with van der Waals surface area (Å²) in [6.45, 7) is 2.01. The third-order valence-electron chi connectivity index (χ3n) is 2.57. The third-order valence-corrected chi connectivity index (χ3v) is 2.57. The minimum Gasteiger partial charge on any atom is -0.469 e. The number of nitrogens with one attached hydrogen (secondary N) is 1. The van der Waals surface area contributed by atoms with Crippen molar-refractivity contribution in [1.82, 2.24) is 5.32 Å². The molecule has 3 atom stereocenters. The molecule has 3 heteroatoms. The second-order valence-corrected chi connectivity index (χ2v) is 3.03. The topological polar surface area (TPSA) is 38.3 Å². The van der Waals surface area contributed by atoms with Crippen LogP contribution in [0.4, 0.5) is 0 Å². The van der Waals surface area contributed by atoms with Crippen molar-refractivity contribution in [3.8, 4) is 0 Å². The van der Waals surface area contributed by atoms with Gasteiger partial charge in [-0.2, -0.15) is 0 Å². The summed E-state index contributed by atoms with van der Waals surface area (Å²) < 4.78 is 4.64. The van der Waals surface area contributed by atoms with Crippen molar-refractivity contribution in [2.24, 2.45) is 17.8 Å². The van der Waals surface area contributed by atoms with E-state index in [1.165, 1.54) is 7.11 Å². The molecule has 56 valence electrons. The third kappa shape index (κ3) is 0.669. The van der Waals surface area contributed by atoms with Gasteiger partial charge in [0.2, 0.25) is 0 Å². The first-order valence-electron chi connectivity index (χ1n) is 3.63. The fourth-order valence-electron chi connectivity index (χ4n) is 1.90. The highest BCUT2D eigenvalue weighted by atomic mass is 16.5. The summed E-state index contributed by atoms with van der Waals surface area (Å²) in [7, 11) is 1.46. The molecule has 1 aliphatic heterocycles. The summed E-state index contributed by atoms with van der Waals surface area (Å²) in [6, 6.07) is 0. The first-order chi connectivity index (χ1) is 4.84. The van der Waals surface area contributed by atoms with E-state index in [1.807, 2.05) is 0 Å². The summed E-state index contributed by atoms with van der Waals surface area (Å²) in [5.74, 6) is 1.39. The molecule has 0 spiro atoms. The Labute approximate surface area is 59.7 Å². The van der Waals surface area contributed by atoms with Gasteiger partial charge < -0.3 is 10.1 Å². The van der Waals surface area contributed by atoms with Crippen LogP contribution < -0.4 is 5.32 Å². The van der Waals surface area contributed by atoms with E-state index in [0.717, 1.165) is 13.1 Å². The van der Waals surface area contributed by atoms with Crippen LogP contribution in [0.25, 0.3) is 0 Å². The molecule has 0 amide bonds. The first kappa shape index (κ1) is 6.16. The molecule has 1 heterocycles. The van der Waals surface area contributed by atoms with Gasteiger partial charge in [-0.1, -0.05) is 0 Å². The normalized spacial score (nSPS) is 42.7. The van der Waals surface area contributed by atoms with E-state index in [1.54, 1.807) is 0 Å². The van der Waals surface area contributed by atoms with Gasteiger partial charge in [0.05, 0.1) is 13.0 Å². The molecule has 2 unspecified atom stereocenters. The molecule has 0 aromatic heterocycles. The number of piperidine rings is 1. The number of carbonyl (C=O) groups is 1. The zero-order chi connectivity index (χ0) is 7.14. The molecule has 1 saturated carbocycles. The van der Waals surface area contributed by atoms with Gasteiger partial charge in [-0.15, -0.1) is 0 Å². The van der Waals surface area contributed by atoms with Gasteiger partial charge in [0.1, 0.15) is 0 Å². The Morgan fingerprint density at radius 1 is 1.50 bits per heavy atom. The van der Waals surface area contributed by atoms with Crippen molar-refractivity contribution in [2.75, 3.05) is 20.2 Å². The van der Waals surface area contributed by atoms with Crippen molar-refractivity contribution in [3.05, 3.63) is 0 Å². The smallest absolute Gasteiger partial charge is 0.309 e. The monoisotopic (exact) mass is 141 g/mol. The molecular formula is C7H11NO2. The summed E-state index contributed by atoms with van der Waals surface area (Å²) in [5, 5.41) is 3.22. The quantitative estimate of drug-likeness (QED) is 0.506. The average molecular weight is 141 g/mol. The average Bonchev–Trinajstić information content (AvgIpc) is 2.43. The highest BCUT2D eigenvalue weighted by molar-refractivity contribution is 5.76. The molecule has 2 rings (SSSR count). The van der Waals surface area contributed by atoms with Gasteiger partial charge in [0.15, 0.2) is 0 Å². The Morgan fingerprint density at radius 3 is 2.60 bits per heavy atom. The SMILES string of the molecule is COC(=O)C1C2CNC[C@@H]21. The Hall–Kier alpha value is -0.570. The molecule has 3 nitrogen and oxygen atoms in total. The lowest BCUT2D eigenvalue weighted by atomic mass is 10.3. The number of fused-ring (bicyclic) bond motifs is 1. The lowest BCUT2D eigenvalue weighted by Gasteiger charge is -2.00. The van der Waals surface area contributed by atoms with Crippen LogP contribution in [-0.2, 0) is 9.53 Å².